The van der Waals surface area contributed by atoms with Crippen molar-refractivity contribution in [3.05, 3.63) is 71.3 Å². The summed E-state index contributed by atoms with van der Waals surface area (Å²) in [5, 5.41) is 11.3. The van der Waals surface area contributed by atoms with Crippen LogP contribution >= 0.6 is 0 Å². The summed E-state index contributed by atoms with van der Waals surface area (Å²) in [6.07, 6.45) is 14.0. The first-order valence-electron chi connectivity index (χ1n) is 17.4. The van der Waals surface area contributed by atoms with Gasteiger partial charge in [-0.15, -0.1) is 0 Å². The number of anilines is 4. The minimum Gasteiger partial charge on any atom is -0.311 e. The van der Waals surface area contributed by atoms with Gasteiger partial charge in [0.1, 0.15) is 23.3 Å². The number of nitrogens with zero attached hydrogens (tertiary/aromatic N) is 2. The molecule has 0 atom stereocenters. The summed E-state index contributed by atoms with van der Waals surface area (Å²) < 4.78 is 0. The average Bonchev–Trinajstić information content (AvgIpc) is 3.04. The first kappa shape index (κ1) is 36.2. The van der Waals surface area contributed by atoms with E-state index in [1.165, 1.54) is 44.6 Å². The summed E-state index contributed by atoms with van der Waals surface area (Å²) in [5.74, 6) is 0.204. The zero-order valence-electron chi connectivity index (χ0n) is 28.6. The smallest absolute Gasteiger partial charge is 0.256 e. The molecule has 0 saturated carbocycles. The van der Waals surface area contributed by atoms with E-state index in [1.54, 1.807) is 48.5 Å². The molecule has 0 spiro atoms. The first-order valence-corrected chi connectivity index (χ1v) is 17.4. The van der Waals surface area contributed by atoms with Crippen LogP contribution in [0, 0.1) is 0 Å². The van der Waals surface area contributed by atoms with Crippen LogP contribution in [0.5, 0.6) is 0 Å². The van der Waals surface area contributed by atoms with Gasteiger partial charge < -0.3 is 21.3 Å². The second-order valence-corrected chi connectivity index (χ2v) is 13.6. The van der Waals surface area contributed by atoms with Crippen molar-refractivity contribution < 1.29 is 19.2 Å². The highest BCUT2D eigenvalue weighted by Gasteiger charge is 2.21. The fraction of sp³-hybridized carbons (Fsp3) is 0.474. The third-order valence-electron chi connectivity index (χ3n) is 8.40. The lowest BCUT2D eigenvalue weighted by atomic mass is 9.85. The molecule has 0 saturated heterocycles. The van der Waals surface area contributed by atoms with Crippen molar-refractivity contribution >= 4 is 46.9 Å². The maximum Gasteiger partial charge on any atom is 0.256 e. The molecule has 0 fully saturated rings. The Balaban J connectivity index is 1.51. The van der Waals surface area contributed by atoms with Gasteiger partial charge in [-0.1, -0.05) is 97.1 Å². The van der Waals surface area contributed by atoms with Crippen LogP contribution in [0.2, 0.25) is 0 Å². The molecule has 256 valence electrons. The molecule has 4 rings (SSSR count). The summed E-state index contributed by atoms with van der Waals surface area (Å²) in [6.45, 7) is 6.01. The predicted molar refractivity (Wildman–Crippen MR) is 191 cm³/mol. The lowest BCUT2D eigenvalue weighted by Gasteiger charge is -2.21. The fourth-order valence-corrected chi connectivity index (χ4v) is 5.60. The number of fused-ring (bicyclic) bond motifs is 6. The number of amides is 4. The molecule has 6 bridgehead atoms. The molecule has 0 aliphatic carbocycles. The molecule has 2 aromatic heterocycles. The minimum atomic E-state index is -0.440. The van der Waals surface area contributed by atoms with Gasteiger partial charge in [0, 0.05) is 24.0 Å². The van der Waals surface area contributed by atoms with Crippen molar-refractivity contribution in [1.82, 2.24) is 9.97 Å². The van der Waals surface area contributed by atoms with Crippen LogP contribution in [0.1, 0.15) is 137 Å². The van der Waals surface area contributed by atoms with Gasteiger partial charge in [0.25, 0.3) is 11.8 Å². The Bertz CT molecular complexity index is 1460. The normalized spacial score (nSPS) is 17.1. The molecule has 10 nitrogen and oxygen atoms in total. The van der Waals surface area contributed by atoms with Crippen LogP contribution in [0.15, 0.2) is 54.6 Å². The number of benzene rings is 1. The van der Waals surface area contributed by atoms with Crippen LogP contribution in [0.4, 0.5) is 23.3 Å². The summed E-state index contributed by atoms with van der Waals surface area (Å²) >= 11 is 0. The standard InChI is InChI=1S/C38H50N6O4/c1-38(2,3)29-25-27-24-28(26-29)37(48)44-33-21-17-19-31(40-33)42-35(46)23-15-13-11-9-7-5-4-6-8-10-12-14-22-34(45)41-30-18-16-20-32(39-30)43-36(27)47/h16-21,24-26H,4-15,22-23H2,1-3H3,(H2,39,41,43,45,47)(H2,40,42,44,46,48). The largest absolute Gasteiger partial charge is 0.311 e. The van der Waals surface area contributed by atoms with Crippen molar-refractivity contribution in [2.45, 2.75) is 116 Å². The number of hydrogen-bond donors (Lipinski definition) is 4. The van der Waals surface area contributed by atoms with E-state index in [0.717, 1.165) is 44.1 Å². The Morgan fingerprint density at radius 2 is 0.812 bits per heavy atom. The maximum atomic E-state index is 13.5. The Morgan fingerprint density at radius 3 is 1.17 bits per heavy atom. The van der Waals surface area contributed by atoms with Gasteiger partial charge in [-0.2, -0.15) is 0 Å². The van der Waals surface area contributed by atoms with Gasteiger partial charge >= 0.3 is 0 Å². The number of rotatable bonds is 0. The SMILES string of the molecule is CC(C)(C)c1cc2cc(c1)C(=O)Nc1cccc(n1)NC(=O)CCCCCCCCCCCCCCC(=O)Nc1cccc(n1)NC2=O. The molecule has 0 unspecified atom stereocenters. The molecule has 1 aromatic carbocycles. The van der Waals surface area contributed by atoms with Crippen molar-refractivity contribution in [3.8, 4) is 0 Å². The highest BCUT2D eigenvalue weighted by Crippen LogP contribution is 2.26. The van der Waals surface area contributed by atoms with Gasteiger partial charge in [0.15, 0.2) is 0 Å². The van der Waals surface area contributed by atoms with Crippen molar-refractivity contribution in [1.29, 1.82) is 0 Å². The van der Waals surface area contributed by atoms with Gasteiger partial charge in [0.05, 0.1) is 0 Å². The molecule has 10 heteroatoms. The second kappa shape index (κ2) is 18.1. The molecular weight excluding hydrogens is 604 g/mol. The molecule has 3 aromatic rings. The molecule has 1 aliphatic rings. The van der Waals surface area contributed by atoms with E-state index in [4.69, 9.17) is 0 Å². The highest BCUT2D eigenvalue weighted by atomic mass is 16.2. The third-order valence-corrected chi connectivity index (χ3v) is 8.40. The Labute approximate surface area is 284 Å². The van der Waals surface area contributed by atoms with E-state index in [2.05, 4.69) is 31.2 Å². The summed E-state index contributed by atoms with van der Waals surface area (Å²) in [6, 6.07) is 15.2. The molecule has 1 aliphatic heterocycles. The number of nitrogens with one attached hydrogen (secondary N) is 4. The van der Waals surface area contributed by atoms with Crippen molar-refractivity contribution in [2.75, 3.05) is 21.3 Å². The minimum absolute atomic E-state index is 0.102. The number of carbonyl (C=O) groups is 4. The number of hydrogen-bond acceptors (Lipinski definition) is 6. The third kappa shape index (κ3) is 12.2. The van der Waals surface area contributed by atoms with Gasteiger partial charge in [-0.3, -0.25) is 19.2 Å². The Kier molecular flexibility index (Phi) is 13.6. The summed E-state index contributed by atoms with van der Waals surface area (Å²) in [4.78, 5) is 60.9. The van der Waals surface area contributed by atoms with Gasteiger partial charge in [-0.05, 0) is 66.3 Å². The molecular formula is C38H50N6O4. The quantitative estimate of drug-likeness (QED) is 0.191. The fourth-order valence-electron chi connectivity index (χ4n) is 5.60. The lowest BCUT2D eigenvalue weighted by Crippen LogP contribution is -2.20. The van der Waals surface area contributed by atoms with E-state index in [0.29, 0.717) is 24.5 Å². The Morgan fingerprint density at radius 1 is 0.479 bits per heavy atom. The Hall–Kier alpha value is -4.60. The van der Waals surface area contributed by atoms with Crippen LogP contribution in [-0.2, 0) is 15.0 Å². The monoisotopic (exact) mass is 654 g/mol. The van der Waals surface area contributed by atoms with E-state index in [-0.39, 0.29) is 40.0 Å². The van der Waals surface area contributed by atoms with Crippen molar-refractivity contribution in [2.24, 2.45) is 0 Å². The molecule has 4 N–H and O–H groups in total. The number of aromatic nitrogens is 2. The van der Waals surface area contributed by atoms with Gasteiger partial charge in [-0.25, -0.2) is 9.97 Å². The lowest BCUT2D eigenvalue weighted by molar-refractivity contribution is -0.117. The molecule has 4 amide bonds. The number of pyridine rings is 2. The van der Waals surface area contributed by atoms with E-state index in [9.17, 15) is 19.2 Å². The van der Waals surface area contributed by atoms with Gasteiger partial charge in [0.2, 0.25) is 11.8 Å². The van der Waals surface area contributed by atoms with Crippen molar-refractivity contribution in [3.63, 3.8) is 0 Å². The maximum absolute atomic E-state index is 13.5. The zero-order valence-corrected chi connectivity index (χ0v) is 28.6. The average molecular weight is 655 g/mol. The zero-order chi connectivity index (χ0) is 34.4. The van der Waals surface area contributed by atoms with Crippen LogP contribution in [0.25, 0.3) is 0 Å². The summed E-state index contributed by atoms with van der Waals surface area (Å²) in [5.41, 5.74) is 1.01. The topological polar surface area (TPSA) is 142 Å². The first-order chi connectivity index (χ1) is 23.1. The second-order valence-electron chi connectivity index (χ2n) is 13.6. The van der Waals surface area contributed by atoms with E-state index < -0.39 is 11.8 Å². The molecule has 48 heavy (non-hydrogen) atoms. The molecule has 3 heterocycles. The van der Waals surface area contributed by atoms with Crippen LogP contribution < -0.4 is 21.3 Å². The predicted octanol–water partition coefficient (Wildman–Crippen LogP) is 8.63. The van der Waals surface area contributed by atoms with Crippen LogP contribution in [-0.4, -0.2) is 33.6 Å². The van der Waals surface area contributed by atoms with E-state index in [1.807, 2.05) is 20.8 Å². The molecule has 0 radical (unpaired) electrons. The van der Waals surface area contributed by atoms with E-state index >= 15 is 0 Å². The highest BCUT2D eigenvalue weighted by molar-refractivity contribution is 6.08. The van der Waals surface area contributed by atoms with Crippen LogP contribution in [0.3, 0.4) is 0 Å². The number of carbonyl (C=O) groups excluding carboxylic acids is 4. The summed E-state index contributed by atoms with van der Waals surface area (Å²) in [7, 11) is 0.